The molecule has 1 aromatic carbocycles. The summed E-state index contributed by atoms with van der Waals surface area (Å²) in [6, 6.07) is 7.57. The summed E-state index contributed by atoms with van der Waals surface area (Å²) < 4.78 is 21.9. The second kappa shape index (κ2) is 10.8. The van der Waals surface area contributed by atoms with Crippen LogP contribution in [0.1, 0.15) is 56.9 Å². The Kier molecular flexibility index (Phi) is 8.43. The molecule has 0 bridgehead atoms. The number of allylic oxidation sites excluding steroid dienone is 1. The molecule has 1 spiro atoms. The molecule has 8 heteroatoms. The molecule has 1 heterocycles. The predicted molar refractivity (Wildman–Crippen MR) is 118 cm³/mol. The van der Waals surface area contributed by atoms with Crippen molar-refractivity contribution in [2.75, 3.05) is 20.8 Å². The maximum absolute atomic E-state index is 12.8. The van der Waals surface area contributed by atoms with Gasteiger partial charge < -0.3 is 27.9 Å². The highest BCUT2D eigenvalue weighted by molar-refractivity contribution is 6.50. The molecule has 1 saturated heterocycles. The van der Waals surface area contributed by atoms with Gasteiger partial charge in [-0.05, 0) is 62.3 Å². The van der Waals surface area contributed by atoms with E-state index in [0.717, 1.165) is 30.6 Å². The molecule has 1 saturated carbocycles. The monoisotopic (exact) mass is 450 g/mol. The van der Waals surface area contributed by atoms with Crippen LogP contribution in [-0.2, 0) is 18.4 Å². The van der Waals surface area contributed by atoms with Crippen molar-refractivity contribution >= 4 is 20.9 Å². The van der Waals surface area contributed by atoms with Crippen LogP contribution in [0.2, 0.25) is 0 Å². The molecule has 0 amide bonds. The lowest BCUT2D eigenvalue weighted by molar-refractivity contribution is -0.169. The summed E-state index contributed by atoms with van der Waals surface area (Å²) in [5.74, 6) is 0.824. The van der Waals surface area contributed by atoms with E-state index in [4.69, 9.17) is 18.3 Å². The van der Waals surface area contributed by atoms with Gasteiger partial charge in [0, 0.05) is 19.6 Å². The Bertz CT molecular complexity index is 739. The lowest BCUT2D eigenvalue weighted by Gasteiger charge is -2.46. The molecular formula is C23H34O7Si. The van der Waals surface area contributed by atoms with Gasteiger partial charge in [-0.3, -0.25) is 4.79 Å². The zero-order valence-corrected chi connectivity index (χ0v) is 19.4. The Balaban J connectivity index is 1.63. The largest absolute Gasteiger partial charge is 0.674 e. The number of carbonyl (C=O) groups excluding carboxylic acids is 1. The van der Waals surface area contributed by atoms with E-state index in [-0.39, 0.29) is 11.7 Å². The molecule has 0 aromatic heterocycles. The summed E-state index contributed by atoms with van der Waals surface area (Å²) in [6.07, 6.45) is 9.35. The number of ketones is 1. The van der Waals surface area contributed by atoms with Crippen LogP contribution in [0.25, 0.3) is 6.08 Å². The van der Waals surface area contributed by atoms with Gasteiger partial charge >= 0.3 is 9.05 Å². The van der Waals surface area contributed by atoms with Crippen molar-refractivity contribution in [1.29, 1.82) is 0 Å². The van der Waals surface area contributed by atoms with Crippen LogP contribution in [0.3, 0.4) is 0 Å². The molecule has 3 rings (SSSR count). The van der Waals surface area contributed by atoms with Crippen molar-refractivity contribution in [3.05, 3.63) is 35.9 Å². The average Bonchev–Trinajstić information content (AvgIpc) is 2.78. The molecule has 1 aromatic rings. The average molecular weight is 451 g/mol. The maximum Gasteiger partial charge on any atom is 0.674 e. The second-order valence-electron chi connectivity index (χ2n) is 8.40. The van der Waals surface area contributed by atoms with E-state index in [2.05, 4.69) is 0 Å². The van der Waals surface area contributed by atoms with E-state index >= 15 is 0 Å². The van der Waals surface area contributed by atoms with E-state index in [9.17, 15) is 14.4 Å². The smallest absolute Gasteiger partial charge is 0.497 e. The van der Waals surface area contributed by atoms with Crippen molar-refractivity contribution in [1.82, 2.24) is 0 Å². The summed E-state index contributed by atoms with van der Waals surface area (Å²) in [5.41, 5.74) is 0.351. The molecule has 1 aliphatic carbocycles. The summed E-state index contributed by atoms with van der Waals surface area (Å²) in [6.45, 7) is 0.619. The quantitative estimate of drug-likeness (QED) is 0.486. The SMILES string of the molecule is COc1ccc(C=CC(=O)C2CCC3(CC2)OCCCCCC3O[Si](O)(O)OC)cc1. The Morgan fingerprint density at radius 3 is 2.45 bits per heavy atom. The third-order valence-electron chi connectivity index (χ3n) is 6.44. The van der Waals surface area contributed by atoms with Crippen LogP contribution in [0.5, 0.6) is 5.75 Å². The fourth-order valence-corrected chi connectivity index (χ4v) is 5.33. The van der Waals surface area contributed by atoms with Gasteiger partial charge in [-0.1, -0.05) is 31.1 Å². The third kappa shape index (κ3) is 6.47. The van der Waals surface area contributed by atoms with Gasteiger partial charge in [0.2, 0.25) is 0 Å². The fraction of sp³-hybridized carbons (Fsp3) is 0.609. The van der Waals surface area contributed by atoms with Crippen LogP contribution >= 0.6 is 0 Å². The minimum absolute atomic E-state index is 0.0671. The number of rotatable bonds is 7. The minimum atomic E-state index is -4.18. The van der Waals surface area contributed by atoms with Gasteiger partial charge in [-0.25, -0.2) is 0 Å². The molecule has 1 unspecified atom stereocenters. The zero-order chi connectivity index (χ0) is 22.3. The number of methoxy groups -OCH3 is 1. The maximum atomic E-state index is 12.8. The van der Waals surface area contributed by atoms with Crippen molar-refractivity contribution in [3.63, 3.8) is 0 Å². The predicted octanol–water partition coefficient (Wildman–Crippen LogP) is 3.25. The molecule has 1 atom stereocenters. The Labute approximate surface area is 185 Å². The molecule has 2 aliphatic rings. The minimum Gasteiger partial charge on any atom is -0.497 e. The van der Waals surface area contributed by atoms with Crippen LogP contribution < -0.4 is 4.74 Å². The Hall–Kier alpha value is -1.55. The van der Waals surface area contributed by atoms with Gasteiger partial charge in [-0.2, -0.15) is 0 Å². The van der Waals surface area contributed by atoms with Gasteiger partial charge in [0.05, 0.1) is 18.8 Å². The van der Waals surface area contributed by atoms with Crippen LogP contribution in [0.4, 0.5) is 0 Å². The number of ether oxygens (including phenoxy) is 2. The molecule has 172 valence electrons. The van der Waals surface area contributed by atoms with E-state index in [1.165, 1.54) is 7.11 Å². The first kappa shape index (κ1) is 24.1. The topological polar surface area (TPSA) is 94.5 Å². The summed E-state index contributed by atoms with van der Waals surface area (Å²) >= 11 is 0. The van der Waals surface area contributed by atoms with Crippen molar-refractivity contribution < 1.29 is 32.7 Å². The zero-order valence-electron chi connectivity index (χ0n) is 18.4. The van der Waals surface area contributed by atoms with Crippen LogP contribution in [-0.4, -0.2) is 57.0 Å². The summed E-state index contributed by atoms with van der Waals surface area (Å²) in [5, 5.41) is 0. The van der Waals surface area contributed by atoms with E-state index < -0.39 is 20.8 Å². The van der Waals surface area contributed by atoms with Gasteiger partial charge in [0.15, 0.2) is 5.78 Å². The lowest BCUT2D eigenvalue weighted by Crippen LogP contribution is -2.56. The van der Waals surface area contributed by atoms with Crippen molar-refractivity contribution in [2.24, 2.45) is 5.92 Å². The van der Waals surface area contributed by atoms with Gasteiger partial charge in [-0.15, -0.1) is 0 Å². The molecule has 31 heavy (non-hydrogen) atoms. The number of benzene rings is 1. The third-order valence-corrected chi connectivity index (χ3v) is 7.56. The molecule has 1 aliphatic heterocycles. The van der Waals surface area contributed by atoms with E-state index in [0.29, 0.717) is 38.7 Å². The number of hydrogen-bond acceptors (Lipinski definition) is 7. The molecular weight excluding hydrogens is 416 g/mol. The highest BCUT2D eigenvalue weighted by atomic mass is 28.4. The van der Waals surface area contributed by atoms with Gasteiger partial charge in [0.25, 0.3) is 0 Å². The van der Waals surface area contributed by atoms with Crippen LogP contribution in [0, 0.1) is 5.92 Å². The summed E-state index contributed by atoms with van der Waals surface area (Å²) in [7, 11) is -1.31. The van der Waals surface area contributed by atoms with Gasteiger partial charge in [0.1, 0.15) is 5.75 Å². The highest BCUT2D eigenvalue weighted by Crippen LogP contribution is 2.42. The fourth-order valence-electron chi connectivity index (χ4n) is 4.53. The Morgan fingerprint density at radius 1 is 1.10 bits per heavy atom. The first-order valence-electron chi connectivity index (χ1n) is 11.0. The first-order chi connectivity index (χ1) is 14.9. The normalized spacial score (nSPS) is 27.7. The van der Waals surface area contributed by atoms with E-state index in [1.54, 1.807) is 13.2 Å². The molecule has 2 N–H and O–H groups in total. The van der Waals surface area contributed by atoms with Crippen molar-refractivity contribution in [2.45, 2.75) is 63.1 Å². The lowest BCUT2D eigenvalue weighted by atomic mass is 9.73. The second-order valence-corrected chi connectivity index (χ2v) is 10.1. The Morgan fingerprint density at radius 2 is 1.81 bits per heavy atom. The molecule has 2 fully saturated rings. The van der Waals surface area contributed by atoms with Crippen LogP contribution in [0.15, 0.2) is 30.3 Å². The molecule has 0 radical (unpaired) electrons. The highest BCUT2D eigenvalue weighted by Gasteiger charge is 2.50. The van der Waals surface area contributed by atoms with Crippen molar-refractivity contribution in [3.8, 4) is 5.75 Å². The number of carbonyl (C=O) groups is 1. The standard InChI is InChI=1S/C23H34O7Si/c1-27-20-10-7-18(8-11-20)9-12-21(24)19-13-15-23(16-14-19)22(30-31(25,26)28-2)6-4-3-5-17-29-23/h7-12,19,22,25-26H,3-6,13-17H2,1-2H3. The van der Waals surface area contributed by atoms with E-state index in [1.807, 2.05) is 30.3 Å². The molecule has 7 nitrogen and oxygen atoms in total. The summed E-state index contributed by atoms with van der Waals surface area (Å²) in [4.78, 5) is 32.8. The number of hydrogen-bond donors (Lipinski definition) is 2. The first-order valence-corrected chi connectivity index (χ1v) is 12.8.